The maximum absolute atomic E-state index is 3.57. The van der Waals surface area contributed by atoms with Gasteiger partial charge in [0.15, 0.2) is 0 Å². The fourth-order valence-electron chi connectivity index (χ4n) is 2.29. The Hall–Kier alpha value is -0.640. The quantitative estimate of drug-likeness (QED) is 0.537. The average Bonchev–Trinajstić information content (AvgIpc) is 3.12. The van der Waals surface area contributed by atoms with E-state index in [4.69, 9.17) is 0 Å². The Morgan fingerprint density at radius 3 is 2.70 bits per heavy atom. The summed E-state index contributed by atoms with van der Waals surface area (Å²) in [5.74, 6) is 0. The van der Waals surface area contributed by atoms with E-state index < -0.39 is 0 Å². The molecular weight excluding hydrogens is 282 g/mol. The predicted octanol–water partition coefficient (Wildman–Crippen LogP) is 5.93. The molecule has 3 heteroatoms. The highest BCUT2D eigenvalue weighted by Gasteiger charge is 2.02. The van der Waals surface area contributed by atoms with E-state index in [9.17, 15) is 0 Å². The minimum Gasteiger partial charge on any atom is -0.312 e. The van der Waals surface area contributed by atoms with Gasteiger partial charge in [0.05, 0.1) is 0 Å². The number of rotatable bonds is 10. The molecule has 0 aromatic carbocycles. The Labute approximate surface area is 131 Å². The zero-order chi connectivity index (χ0) is 14.0. The van der Waals surface area contributed by atoms with Crippen molar-refractivity contribution in [2.45, 2.75) is 52.0 Å². The fraction of sp³-hybridized carbons (Fsp3) is 0.529. The van der Waals surface area contributed by atoms with Crippen LogP contribution >= 0.6 is 22.7 Å². The summed E-state index contributed by atoms with van der Waals surface area (Å²) >= 11 is 3.68. The van der Waals surface area contributed by atoms with Crippen LogP contribution in [0.2, 0.25) is 0 Å². The smallest absolute Gasteiger partial charge is 0.0351 e. The maximum atomic E-state index is 3.57. The van der Waals surface area contributed by atoms with Gasteiger partial charge in [-0.3, -0.25) is 0 Å². The first kappa shape index (κ1) is 15.7. The number of nitrogens with one attached hydrogen (secondary N) is 1. The molecule has 1 N–H and O–H groups in total. The van der Waals surface area contributed by atoms with Gasteiger partial charge in [0, 0.05) is 21.9 Å². The zero-order valence-electron chi connectivity index (χ0n) is 12.4. The lowest BCUT2D eigenvalue weighted by atomic mass is 10.1. The van der Waals surface area contributed by atoms with Crippen molar-refractivity contribution in [3.05, 3.63) is 33.8 Å². The second-order valence-corrected chi connectivity index (χ2v) is 7.17. The highest BCUT2D eigenvalue weighted by atomic mass is 32.1. The largest absolute Gasteiger partial charge is 0.312 e. The lowest BCUT2D eigenvalue weighted by Crippen LogP contribution is -2.13. The molecule has 2 heterocycles. The molecule has 0 bridgehead atoms. The van der Waals surface area contributed by atoms with Gasteiger partial charge in [-0.25, -0.2) is 0 Å². The summed E-state index contributed by atoms with van der Waals surface area (Å²) in [4.78, 5) is 2.82. The summed E-state index contributed by atoms with van der Waals surface area (Å²) in [5.41, 5.74) is 1.38. The minimum atomic E-state index is 1.02. The number of hydrogen-bond donors (Lipinski definition) is 1. The van der Waals surface area contributed by atoms with Gasteiger partial charge >= 0.3 is 0 Å². The molecule has 0 aliphatic heterocycles. The number of unbranched alkanes of at least 4 members (excludes halogenated alkanes) is 5. The van der Waals surface area contributed by atoms with Crippen LogP contribution in [0.1, 0.15) is 50.3 Å². The summed E-state index contributed by atoms with van der Waals surface area (Å²) in [6, 6.07) is 6.64. The SMILES string of the molecule is CCCCCCCCNCc1cc(-c2cccs2)cs1. The van der Waals surface area contributed by atoms with Crippen molar-refractivity contribution < 1.29 is 0 Å². The van der Waals surface area contributed by atoms with Crippen molar-refractivity contribution in [2.75, 3.05) is 6.54 Å². The molecule has 0 atom stereocenters. The lowest BCUT2D eigenvalue weighted by molar-refractivity contribution is 0.573. The Morgan fingerprint density at radius 2 is 1.90 bits per heavy atom. The van der Waals surface area contributed by atoms with Gasteiger partial charge in [0.2, 0.25) is 0 Å². The molecule has 0 aliphatic carbocycles. The minimum absolute atomic E-state index is 1.02. The van der Waals surface area contributed by atoms with Gasteiger partial charge in [-0.15, -0.1) is 22.7 Å². The maximum Gasteiger partial charge on any atom is 0.0351 e. The Bertz CT molecular complexity index is 459. The van der Waals surface area contributed by atoms with Crippen molar-refractivity contribution in [2.24, 2.45) is 0 Å². The van der Waals surface area contributed by atoms with Gasteiger partial charge in [0.1, 0.15) is 0 Å². The second-order valence-electron chi connectivity index (χ2n) is 5.22. The van der Waals surface area contributed by atoms with Gasteiger partial charge in [-0.2, -0.15) is 0 Å². The van der Waals surface area contributed by atoms with E-state index in [1.54, 1.807) is 0 Å². The molecule has 0 saturated heterocycles. The summed E-state index contributed by atoms with van der Waals surface area (Å²) in [7, 11) is 0. The zero-order valence-corrected chi connectivity index (χ0v) is 14.0. The summed E-state index contributed by atoms with van der Waals surface area (Å²) in [6.45, 7) is 4.44. The molecule has 2 rings (SSSR count). The van der Waals surface area contributed by atoms with Crippen LogP contribution in [0.3, 0.4) is 0 Å². The lowest BCUT2D eigenvalue weighted by Gasteiger charge is -2.03. The first-order valence-corrected chi connectivity index (χ1v) is 9.48. The third kappa shape index (κ3) is 5.39. The van der Waals surface area contributed by atoms with E-state index in [0.717, 1.165) is 13.1 Å². The van der Waals surface area contributed by atoms with Gasteiger partial charge in [0.25, 0.3) is 0 Å². The molecule has 0 amide bonds. The molecule has 0 radical (unpaired) electrons. The average molecular weight is 308 g/mol. The highest BCUT2D eigenvalue weighted by molar-refractivity contribution is 7.14. The molecule has 110 valence electrons. The van der Waals surface area contributed by atoms with Crippen LogP contribution in [0.4, 0.5) is 0 Å². The molecule has 2 aromatic rings. The van der Waals surface area contributed by atoms with Crippen molar-refractivity contribution >= 4 is 22.7 Å². The van der Waals surface area contributed by atoms with Crippen LogP contribution in [-0.4, -0.2) is 6.54 Å². The first-order valence-electron chi connectivity index (χ1n) is 7.72. The molecule has 1 nitrogen and oxygen atoms in total. The number of hydrogen-bond acceptors (Lipinski definition) is 3. The van der Waals surface area contributed by atoms with E-state index in [0.29, 0.717) is 0 Å². The van der Waals surface area contributed by atoms with Crippen LogP contribution in [0.5, 0.6) is 0 Å². The van der Waals surface area contributed by atoms with Crippen LogP contribution in [0.15, 0.2) is 29.0 Å². The van der Waals surface area contributed by atoms with Gasteiger partial charge in [-0.05, 0) is 35.9 Å². The topological polar surface area (TPSA) is 12.0 Å². The summed E-state index contributed by atoms with van der Waals surface area (Å²) < 4.78 is 0. The van der Waals surface area contributed by atoms with Crippen LogP contribution < -0.4 is 5.32 Å². The van der Waals surface area contributed by atoms with E-state index >= 15 is 0 Å². The van der Waals surface area contributed by atoms with Crippen molar-refractivity contribution in [3.8, 4) is 10.4 Å². The monoisotopic (exact) mass is 307 g/mol. The fourth-order valence-corrected chi connectivity index (χ4v) is 3.93. The Kier molecular flexibility index (Phi) is 7.34. The molecule has 0 saturated carbocycles. The molecule has 0 fully saturated rings. The molecular formula is C17H25NS2. The van der Waals surface area contributed by atoms with Crippen LogP contribution in [0.25, 0.3) is 10.4 Å². The standard InChI is InChI=1S/C17H25NS2/c1-2-3-4-5-6-7-10-18-13-16-12-15(14-20-16)17-9-8-11-19-17/h8-9,11-12,14,18H,2-7,10,13H2,1H3. The van der Waals surface area contributed by atoms with Crippen LogP contribution in [-0.2, 0) is 6.54 Å². The van der Waals surface area contributed by atoms with Crippen molar-refractivity contribution in [3.63, 3.8) is 0 Å². The van der Waals surface area contributed by atoms with E-state index in [1.807, 2.05) is 22.7 Å². The van der Waals surface area contributed by atoms with Crippen molar-refractivity contribution in [1.82, 2.24) is 5.32 Å². The second kappa shape index (κ2) is 9.32. The predicted molar refractivity (Wildman–Crippen MR) is 92.7 cm³/mol. The van der Waals surface area contributed by atoms with Gasteiger partial charge in [-0.1, -0.05) is 45.1 Å². The molecule has 0 unspecified atom stereocenters. The third-order valence-electron chi connectivity index (χ3n) is 3.47. The Morgan fingerprint density at radius 1 is 1.05 bits per heavy atom. The normalized spacial score (nSPS) is 11.1. The molecule has 0 aliphatic rings. The number of thiophene rings is 2. The third-order valence-corrected chi connectivity index (χ3v) is 5.32. The van der Waals surface area contributed by atoms with E-state index in [1.165, 1.54) is 53.8 Å². The summed E-state index contributed by atoms with van der Waals surface area (Å²) in [5, 5.41) is 7.98. The molecule has 2 aromatic heterocycles. The van der Waals surface area contributed by atoms with E-state index in [2.05, 4.69) is 41.2 Å². The Balaban J connectivity index is 1.58. The first-order chi connectivity index (χ1) is 9.90. The summed E-state index contributed by atoms with van der Waals surface area (Å²) in [6.07, 6.45) is 8.23. The highest BCUT2D eigenvalue weighted by Crippen LogP contribution is 2.29. The van der Waals surface area contributed by atoms with Crippen LogP contribution in [0, 0.1) is 0 Å². The van der Waals surface area contributed by atoms with E-state index in [-0.39, 0.29) is 0 Å². The molecule has 0 spiro atoms. The van der Waals surface area contributed by atoms with Crippen molar-refractivity contribution in [1.29, 1.82) is 0 Å². The van der Waals surface area contributed by atoms with Gasteiger partial charge < -0.3 is 5.32 Å². The molecule has 20 heavy (non-hydrogen) atoms.